The number of ketones is 1. The molecule has 0 bridgehead atoms. The minimum atomic E-state index is -0.560. The average Bonchev–Trinajstić information content (AvgIpc) is 2.12. The molecule has 0 heterocycles. The lowest BCUT2D eigenvalue weighted by Crippen LogP contribution is -2.42. The van der Waals surface area contributed by atoms with Crippen molar-refractivity contribution in [3.05, 3.63) is 0 Å². The molecule has 0 saturated heterocycles. The Bertz CT molecular complexity index is 170. The van der Waals surface area contributed by atoms with E-state index in [0.29, 0.717) is 6.04 Å². The van der Waals surface area contributed by atoms with E-state index in [1.54, 1.807) is 6.92 Å². The molecule has 0 radical (unpaired) electrons. The number of rotatable bonds is 5. The van der Waals surface area contributed by atoms with Crippen LogP contribution < -0.4 is 0 Å². The van der Waals surface area contributed by atoms with Gasteiger partial charge in [-0.3, -0.25) is 14.1 Å². The molecule has 0 aromatic carbocycles. The maximum Gasteiger partial charge on any atom is 0.155 e. The Hall–Kier alpha value is -0.440. The zero-order chi connectivity index (χ0) is 10.6. The van der Waals surface area contributed by atoms with Crippen LogP contribution in [-0.2, 0) is 4.79 Å². The van der Waals surface area contributed by atoms with Crippen LogP contribution in [0.2, 0.25) is 0 Å². The van der Waals surface area contributed by atoms with Gasteiger partial charge in [-0.1, -0.05) is 6.92 Å². The number of nitrogens with zero attached hydrogens (tertiary/aromatic N) is 1. The third-order valence-corrected chi connectivity index (χ3v) is 2.55. The predicted molar refractivity (Wildman–Crippen MR) is 52.5 cm³/mol. The standard InChI is InChI=1S/C10H20FNO/c1-7(2)12(5)9(4)10(13)8(3)6-11/h7-9H,6H2,1-5H3. The van der Waals surface area contributed by atoms with Gasteiger partial charge < -0.3 is 0 Å². The van der Waals surface area contributed by atoms with Gasteiger partial charge in [0, 0.05) is 12.0 Å². The highest BCUT2D eigenvalue weighted by Gasteiger charge is 2.24. The normalized spacial score (nSPS) is 16.3. The van der Waals surface area contributed by atoms with Crippen molar-refractivity contribution in [2.45, 2.75) is 39.8 Å². The molecule has 0 saturated carbocycles. The van der Waals surface area contributed by atoms with E-state index < -0.39 is 12.6 Å². The summed E-state index contributed by atoms with van der Waals surface area (Å²) < 4.78 is 12.2. The summed E-state index contributed by atoms with van der Waals surface area (Å²) in [4.78, 5) is 13.5. The summed E-state index contributed by atoms with van der Waals surface area (Å²) in [6, 6.07) is 0.122. The molecule has 3 heteroatoms. The predicted octanol–water partition coefficient (Wildman–Crippen LogP) is 1.89. The topological polar surface area (TPSA) is 20.3 Å². The van der Waals surface area contributed by atoms with Crippen molar-refractivity contribution in [1.82, 2.24) is 4.90 Å². The Morgan fingerprint density at radius 3 is 2.08 bits per heavy atom. The van der Waals surface area contributed by atoms with Gasteiger partial charge in [-0.15, -0.1) is 0 Å². The second-order valence-corrected chi connectivity index (χ2v) is 3.89. The summed E-state index contributed by atoms with van der Waals surface area (Å²) in [7, 11) is 1.89. The van der Waals surface area contributed by atoms with Crippen LogP contribution >= 0.6 is 0 Å². The Balaban J connectivity index is 4.25. The van der Waals surface area contributed by atoms with E-state index in [4.69, 9.17) is 0 Å². The molecule has 0 rings (SSSR count). The number of carbonyl (C=O) groups is 1. The van der Waals surface area contributed by atoms with Crippen molar-refractivity contribution >= 4 is 5.78 Å². The van der Waals surface area contributed by atoms with E-state index in [-0.39, 0.29) is 11.8 Å². The van der Waals surface area contributed by atoms with Crippen molar-refractivity contribution in [3.63, 3.8) is 0 Å². The molecule has 13 heavy (non-hydrogen) atoms. The highest BCUT2D eigenvalue weighted by atomic mass is 19.1. The van der Waals surface area contributed by atoms with Gasteiger partial charge >= 0.3 is 0 Å². The minimum absolute atomic E-state index is 0.0151. The van der Waals surface area contributed by atoms with Crippen molar-refractivity contribution in [3.8, 4) is 0 Å². The summed E-state index contributed by atoms with van der Waals surface area (Å²) in [6.07, 6.45) is 0. The first-order chi connectivity index (χ1) is 5.91. The molecule has 78 valence electrons. The van der Waals surface area contributed by atoms with Gasteiger partial charge in [-0.05, 0) is 27.8 Å². The zero-order valence-electron chi connectivity index (χ0n) is 9.17. The molecule has 0 fully saturated rings. The third-order valence-electron chi connectivity index (χ3n) is 2.55. The van der Waals surface area contributed by atoms with Gasteiger partial charge in [0.2, 0.25) is 0 Å². The van der Waals surface area contributed by atoms with Crippen molar-refractivity contribution in [2.75, 3.05) is 13.7 Å². The molecule has 0 aliphatic heterocycles. The summed E-state index contributed by atoms with van der Waals surface area (Å²) in [6.45, 7) is 6.93. The van der Waals surface area contributed by atoms with Crippen LogP contribution in [0, 0.1) is 5.92 Å². The molecule has 0 aromatic heterocycles. The molecular formula is C10H20FNO. The first-order valence-electron chi connectivity index (χ1n) is 4.73. The number of hydrogen-bond donors (Lipinski definition) is 0. The molecule has 0 N–H and O–H groups in total. The van der Waals surface area contributed by atoms with Crippen LogP contribution in [0.25, 0.3) is 0 Å². The largest absolute Gasteiger partial charge is 0.298 e. The summed E-state index contributed by atoms with van der Waals surface area (Å²) in [5.74, 6) is -0.491. The molecule has 2 atom stereocenters. The van der Waals surface area contributed by atoms with Gasteiger partial charge in [0.25, 0.3) is 0 Å². The Labute approximate surface area is 80.1 Å². The maximum absolute atomic E-state index is 12.2. The van der Waals surface area contributed by atoms with Gasteiger partial charge in [0.05, 0.1) is 12.7 Å². The molecule has 0 aromatic rings. The van der Waals surface area contributed by atoms with E-state index in [1.807, 2.05) is 32.7 Å². The SMILES string of the molecule is CC(CF)C(=O)C(C)N(C)C(C)C. The first kappa shape index (κ1) is 12.6. The molecule has 2 unspecified atom stereocenters. The highest BCUT2D eigenvalue weighted by molar-refractivity contribution is 5.85. The summed E-state index contributed by atoms with van der Waals surface area (Å²) >= 11 is 0. The number of alkyl halides is 1. The Morgan fingerprint density at radius 1 is 1.31 bits per heavy atom. The fourth-order valence-corrected chi connectivity index (χ4v) is 1.14. The van der Waals surface area contributed by atoms with Crippen LogP contribution in [0.1, 0.15) is 27.7 Å². The van der Waals surface area contributed by atoms with E-state index in [1.165, 1.54) is 0 Å². The number of likely N-dealkylation sites (N-methyl/N-ethyl adjacent to an activating group) is 1. The lowest BCUT2D eigenvalue weighted by Gasteiger charge is -2.28. The molecule has 0 spiro atoms. The monoisotopic (exact) mass is 189 g/mol. The Kier molecular flexibility index (Phi) is 5.14. The number of hydrogen-bond acceptors (Lipinski definition) is 2. The number of halogens is 1. The van der Waals surface area contributed by atoms with Crippen molar-refractivity contribution in [2.24, 2.45) is 5.92 Å². The van der Waals surface area contributed by atoms with Gasteiger partial charge in [0.15, 0.2) is 5.78 Å². The minimum Gasteiger partial charge on any atom is -0.298 e. The second-order valence-electron chi connectivity index (χ2n) is 3.89. The molecule has 0 aliphatic carbocycles. The van der Waals surface area contributed by atoms with E-state index in [9.17, 15) is 9.18 Å². The fraction of sp³-hybridized carbons (Fsp3) is 0.900. The smallest absolute Gasteiger partial charge is 0.155 e. The maximum atomic E-state index is 12.2. The van der Waals surface area contributed by atoms with Crippen molar-refractivity contribution in [1.29, 1.82) is 0 Å². The highest BCUT2D eigenvalue weighted by Crippen LogP contribution is 2.09. The second kappa shape index (κ2) is 5.32. The van der Waals surface area contributed by atoms with E-state index in [0.717, 1.165) is 0 Å². The molecular weight excluding hydrogens is 169 g/mol. The molecule has 0 aliphatic rings. The molecule has 0 amide bonds. The van der Waals surface area contributed by atoms with Crippen LogP contribution in [0.4, 0.5) is 4.39 Å². The summed E-state index contributed by atoms with van der Waals surface area (Å²) in [5, 5.41) is 0. The van der Waals surface area contributed by atoms with E-state index >= 15 is 0 Å². The molecule has 2 nitrogen and oxygen atoms in total. The average molecular weight is 189 g/mol. The number of carbonyl (C=O) groups excluding carboxylic acids is 1. The van der Waals surface area contributed by atoms with Gasteiger partial charge in [-0.25, -0.2) is 0 Å². The van der Waals surface area contributed by atoms with Crippen LogP contribution in [0.5, 0.6) is 0 Å². The van der Waals surface area contributed by atoms with Crippen LogP contribution in [-0.4, -0.2) is 36.5 Å². The quantitative estimate of drug-likeness (QED) is 0.658. The van der Waals surface area contributed by atoms with Crippen LogP contribution in [0.15, 0.2) is 0 Å². The lowest BCUT2D eigenvalue weighted by molar-refractivity contribution is -0.127. The van der Waals surface area contributed by atoms with Gasteiger partial charge in [0.1, 0.15) is 0 Å². The number of Topliss-reactive ketones (excluding diaryl/α,β-unsaturated/α-hetero) is 1. The third kappa shape index (κ3) is 3.43. The Morgan fingerprint density at radius 2 is 1.77 bits per heavy atom. The van der Waals surface area contributed by atoms with Crippen LogP contribution in [0.3, 0.4) is 0 Å². The zero-order valence-corrected chi connectivity index (χ0v) is 9.17. The van der Waals surface area contributed by atoms with E-state index in [2.05, 4.69) is 0 Å². The van der Waals surface area contributed by atoms with Crippen molar-refractivity contribution < 1.29 is 9.18 Å². The summed E-state index contributed by atoms with van der Waals surface area (Å²) in [5.41, 5.74) is 0. The van der Waals surface area contributed by atoms with Gasteiger partial charge in [-0.2, -0.15) is 0 Å². The first-order valence-corrected chi connectivity index (χ1v) is 4.73. The fourth-order valence-electron chi connectivity index (χ4n) is 1.14. The lowest BCUT2D eigenvalue weighted by atomic mass is 10.0.